The highest BCUT2D eigenvalue weighted by atomic mass is 32.2. The van der Waals surface area contributed by atoms with Gasteiger partial charge in [-0.1, -0.05) is 37.4 Å². The Morgan fingerprint density at radius 3 is 2.35 bits per heavy atom. The molecule has 0 bridgehead atoms. The molecule has 0 aromatic heterocycles. The molecule has 1 aliphatic rings. The fourth-order valence-corrected chi connectivity index (χ4v) is 3.58. The molecule has 1 fully saturated rings. The van der Waals surface area contributed by atoms with Gasteiger partial charge in [0.15, 0.2) is 5.12 Å². The van der Waals surface area contributed by atoms with Gasteiger partial charge in [-0.05, 0) is 40.0 Å². The zero-order valence-electron chi connectivity index (χ0n) is 16.8. The van der Waals surface area contributed by atoms with Crippen LogP contribution in [0.5, 0.6) is 0 Å². The van der Waals surface area contributed by atoms with Crippen LogP contribution < -0.4 is 5.32 Å². The largest absolute Gasteiger partial charge is 0.458 e. The number of hydrogen-bond donors (Lipinski definition) is 1. The summed E-state index contributed by atoms with van der Waals surface area (Å²) in [5, 5.41) is 2.78. The minimum atomic E-state index is -0.712. The molecule has 0 aromatic rings. The van der Waals surface area contributed by atoms with Crippen LogP contribution in [0.4, 0.5) is 4.79 Å². The van der Waals surface area contributed by atoms with Crippen LogP contribution in [-0.2, 0) is 14.3 Å². The topological polar surface area (TPSA) is 75.7 Å². The average molecular weight is 387 g/mol. The number of ether oxygens (including phenoxy) is 1. The third kappa shape index (κ3) is 9.46. The maximum Gasteiger partial charge on any atom is 0.328 e. The van der Waals surface area contributed by atoms with Crippen molar-refractivity contribution in [3.8, 4) is 0 Å². The summed E-state index contributed by atoms with van der Waals surface area (Å²) in [6.07, 6.45) is 5.97. The second-order valence-corrected chi connectivity index (χ2v) is 9.24. The summed E-state index contributed by atoms with van der Waals surface area (Å²) in [4.78, 5) is 37.6. The van der Waals surface area contributed by atoms with Crippen molar-refractivity contribution in [2.75, 3.05) is 18.8 Å². The maximum absolute atomic E-state index is 12.6. The molecule has 2 amide bonds. The van der Waals surface area contributed by atoms with Gasteiger partial charge in [-0.2, -0.15) is 0 Å². The number of rotatable bonds is 8. The highest BCUT2D eigenvalue weighted by Gasteiger charge is 2.25. The third-order valence-electron chi connectivity index (χ3n) is 4.34. The second kappa shape index (κ2) is 10.8. The second-order valence-electron chi connectivity index (χ2n) is 7.97. The molecule has 1 N–H and O–H groups in total. The summed E-state index contributed by atoms with van der Waals surface area (Å²) in [6, 6.07) is -0.985. The average Bonchev–Trinajstić information content (AvgIpc) is 3.01. The van der Waals surface area contributed by atoms with Gasteiger partial charge < -0.3 is 15.0 Å². The van der Waals surface area contributed by atoms with Crippen molar-refractivity contribution in [1.82, 2.24) is 10.2 Å². The number of hydrogen-bond acceptors (Lipinski definition) is 5. The molecule has 150 valence electrons. The Hall–Kier alpha value is -1.24. The van der Waals surface area contributed by atoms with E-state index in [-0.39, 0.29) is 11.1 Å². The van der Waals surface area contributed by atoms with Crippen LogP contribution in [-0.4, -0.2) is 52.5 Å². The van der Waals surface area contributed by atoms with Gasteiger partial charge in [-0.3, -0.25) is 4.79 Å². The predicted molar refractivity (Wildman–Crippen MR) is 105 cm³/mol. The van der Waals surface area contributed by atoms with Gasteiger partial charge >= 0.3 is 12.0 Å². The van der Waals surface area contributed by atoms with E-state index in [9.17, 15) is 14.4 Å². The van der Waals surface area contributed by atoms with Gasteiger partial charge in [-0.25, -0.2) is 9.59 Å². The Kier molecular flexibility index (Phi) is 9.47. The van der Waals surface area contributed by atoms with E-state index in [0.29, 0.717) is 24.8 Å². The summed E-state index contributed by atoms with van der Waals surface area (Å²) in [5.41, 5.74) is -0.587. The number of carbonyl (C=O) groups excluding carboxylic acids is 3. The van der Waals surface area contributed by atoms with Crippen molar-refractivity contribution in [3.05, 3.63) is 0 Å². The fourth-order valence-electron chi connectivity index (χ4n) is 2.98. The SMILES string of the molecule is CC(=O)SCCN(CCC1CCCC1)C(=O)N[C@@H](C)C(=O)OC(C)(C)C. The first-order valence-electron chi connectivity index (χ1n) is 9.50. The van der Waals surface area contributed by atoms with E-state index in [1.165, 1.54) is 44.4 Å². The Labute approximate surface area is 161 Å². The standard InChI is InChI=1S/C19H34N2O4S/c1-14(17(23)25-19(3,4)5)20-18(24)21(12-13-26-15(2)22)11-10-16-8-6-7-9-16/h14,16H,6-13H2,1-5H3,(H,20,24)/t14-/m0/s1. The van der Waals surface area contributed by atoms with E-state index in [1.807, 2.05) is 0 Å². The lowest BCUT2D eigenvalue weighted by Crippen LogP contribution is -2.49. The number of thioether (sulfide) groups is 1. The van der Waals surface area contributed by atoms with Gasteiger partial charge in [0.2, 0.25) is 0 Å². The molecule has 0 aromatic carbocycles. The molecule has 1 rings (SSSR count). The van der Waals surface area contributed by atoms with Gasteiger partial charge in [0.25, 0.3) is 0 Å². The first-order valence-corrected chi connectivity index (χ1v) is 10.5. The molecular weight excluding hydrogens is 352 g/mol. The van der Waals surface area contributed by atoms with E-state index in [0.717, 1.165) is 6.42 Å². The van der Waals surface area contributed by atoms with Crippen molar-refractivity contribution in [3.63, 3.8) is 0 Å². The third-order valence-corrected chi connectivity index (χ3v) is 5.13. The Balaban J connectivity index is 2.56. The molecule has 1 saturated carbocycles. The maximum atomic E-state index is 12.6. The molecule has 0 spiro atoms. The minimum Gasteiger partial charge on any atom is -0.458 e. The van der Waals surface area contributed by atoms with E-state index in [4.69, 9.17) is 4.74 Å². The quantitative estimate of drug-likeness (QED) is 0.645. The van der Waals surface area contributed by atoms with Crippen LogP contribution >= 0.6 is 11.8 Å². The van der Waals surface area contributed by atoms with Crippen LogP contribution in [0.1, 0.15) is 66.7 Å². The zero-order chi connectivity index (χ0) is 19.7. The van der Waals surface area contributed by atoms with Crippen molar-refractivity contribution in [1.29, 1.82) is 0 Å². The molecule has 7 heteroatoms. The first-order chi connectivity index (χ1) is 12.1. The number of carbonyl (C=O) groups is 3. The predicted octanol–water partition coefficient (Wildman–Crippen LogP) is 3.59. The Morgan fingerprint density at radius 2 is 1.81 bits per heavy atom. The smallest absolute Gasteiger partial charge is 0.328 e. The van der Waals surface area contributed by atoms with Crippen LogP contribution in [0.2, 0.25) is 0 Å². The minimum absolute atomic E-state index is 0.0447. The number of amides is 2. The number of nitrogens with zero attached hydrogens (tertiary/aromatic N) is 1. The number of nitrogens with one attached hydrogen (secondary N) is 1. The van der Waals surface area contributed by atoms with Crippen molar-refractivity contribution < 1.29 is 19.1 Å². The summed E-state index contributed by atoms with van der Waals surface area (Å²) < 4.78 is 5.31. The van der Waals surface area contributed by atoms with Gasteiger partial charge in [0.05, 0.1) is 0 Å². The van der Waals surface area contributed by atoms with Crippen LogP contribution in [0.25, 0.3) is 0 Å². The lowest BCUT2D eigenvalue weighted by molar-refractivity contribution is -0.156. The van der Waals surface area contributed by atoms with Crippen LogP contribution in [0, 0.1) is 5.92 Å². The zero-order valence-corrected chi connectivity index (χ0v) is 17.6. The highest BCUT2D eigenvalue weighted by molar-refractivity contribution is 8.13. The molecule has 6 nitrogen and oxygen atoms in total. The molecule has 0 aliphatic heterocycles. The number of urea groups is 1. The van der Waals surface area contributed by atoms with Gasteiger partial charge in [-0.15, -0.1) is 0 Å². The first kappa shape index (κ1) is 22.8. The highest BCUT2D eigenvalue weighted by Crippen LogP contribution is 2.27. The molecule has 0 unspecified atom stereocenters. The molecule has 26 heavy (non-hydrogen) atoms. The van der Waals surface area contributed by atoms with Crippen molar-refractivity contribution in [2.24, 2.45) is 5.92 Å². The van der Waals surface area contributed by atoms with Crippen molar-refractivity contribution >= 4 is 28.9 Å². The molecule has 0 saturated heterocycles. The normalized spacial score (nSPS) is 16.2. The van der Waals surface area contributed by atoms with Gasteiger partial charge in [0.1, 0.15) is 11.6 Å². The lowest BCUT2D eigenvalue weighted by Gasteiger charge is -2.27. The molecule has 0 radical (unpaired) electrons. The summed E-state index contributed by atoms with van der Waals surface area (Å²) >= 11 is 1.22. The summed E-state index contributed by atoms with van der Waals surface area (Å²) in [7, 11) is 0. The lowest BCUT2D eigenvalue weighted by atomic mass is 10.0. The Bertz CT molecular complexity index is 484. The van der Waals surface area contributed by atoms with E-state index < -0.39 is 17.6 Å². The van der Waals surface area contributed by atoms with E-state index >= 15 is 0 Å². The molecule has 0 heterocycles. The van der Waals surface area contributed by atoms with E-state index in [1.54, 1.807) is 32.6 Å². The van der Waals surface area contributed by atoms with Crippen LogP contribution in [0.3, 0.4) is 0 Å². The monoisotopic (exact) mass is 386 g/mol. The molecular formula is C19H34N2O4S. The Morgan fingerprint density at radius 1 is 1.19 bits per heavy atom. The molecule has 1 aliphatic carbocycles. The van der Waals surface area contributed by atoms with Crippen LogP contribution in [0.15, 0.2) is 0 Å². The number of esters is 1. The summed E-state index contributed by atoms with van der Waals surface area (Å²) in [5.74, 6) is 0.794. The fraction of sp³-hybridized carbons (Fsp3) is 0.842. The molecule has 1 atom stereocenters. The van der Waals surface area contributed by atoms with E-state index in [2.05, 4.69) is 5.32 Å². The van der Waals surface area contributed by atoms with Gasteiger partial charge in [0, 0.05) is 25.8 Å². The van der Waals surface area contributed by atoms with Crippen molar-refractivity contribution in [2.45, 2.75) is 78.4 Å². The summed E-state index contributed by atoms with van der Waals surface area (Å²) in [6.45, 7) is 9.69.